The average Bonchev–Trinajstić information content (AvgIpc) is 2.87. The lowest BCUT2D eigenvalue weighted by molar-refractivity contribution is 0.414. The summed E-state index contributed by atoms with van der Waals surface area (Å²) in [6.45, 7) is 3.32. The zero-order valence-electron chi connectivity index (χ0n) is 12.3. The SMILES string of the molecule is COc1ccc(N2CCN(n3cnn(C)c3=O)CC2)cc1. The topological polar surface area (TPSA) is 55.5 Å². The molecule has 7 heteroatoms. The van der Waals surface area contributed by atoms with E-state index in [0.717, 1.165) is 31.9 Å². The highest BCUT2D eigenvalue weighted by atomic mass is 16.5. The van der Waals surface area contributed by atoms with Crippen LogP contribution in [-0.2, 0) is 7.05 Å². The van der Waals surface area contributed by atoms with E-state index in [1.54, 1.807) is 25.2 Å². The fourth-order valence-corrected chi connectivity index (χ4v) is 2.53. The maximum Gasteiger partial charge on any atom is 0.364 e. The van der Waals surface area contributed by atoms with Crippen LogP contribution >= 0.6 is 0 Å². The van der Waals surface area contributed by atoms with Gasteiger partial charge in [-0.25, -0.2) is 9.48 Å². The molecule has 0 radical (unpaired) electrons. The predicted octanol–water partition coefficient (Wildman–Crippen LogP) is 0.0486. The standard InChI is InChI=1S/C14H19N5O2/c1-16-14(20)19(11-15-16)18-9-7-17(8-10-18)12-3-5-13(21-2)6-4-12/h3-6,11H,7-10H2,1-2H3. The van der Waals surface area contributed by atoms with E-state index in [1.807, 2.05) is 17.1 Å². The van der Waals surface area contributed by atoms with Crippen LogP contribution in [0.2, 0.25) is 0 Å². The van der Waals surface area contributed by atoms with Gasteiger partial charge in [0.05, 0.1) is 20.2 Å². The Morgan fingerprint density at radius 2 is 1.76 bits per heavy atom. The molecule has 21 heavy (non-hydrogen) atoms. The summed E-state index contributed by atoms with van der Waals surface area (Å²) in [6, 6.07) is 8.05. The van der Waals surface area contributed by atoms with E-state index < -0.39 is 0 Å². The number of nitrogens with zero attached hydrogens (tertiary/aromatic N) is 5. The molecule has 0 bridgehead atoms. The molecule has 0 atom stereocenters. The Kier molecular flexibility index (Phi) is 3.55. The van der Waals surface area contributed by atoms with Gasteiger partial charge in [-0.05, 0) is 24.3 Å². The highest BCUT2D eigenvalue weighted by Gasteiger charge is 2.19. The van der Waals surface area contributed by atoms with Gasteiger partial charge in [-0.1, -0.05) is 0 Å². The molecule has 7 nitrogen and oxygen atoms in total. The fraction of sp³-hybridized carbons (Fsp3) is 0.429. The molecule has 0 saturated carbocycles. The second-order valence-electron chi connectivity index (χ2n) is 5.02. The maximum atomic E-state index is 11.9. The third-order valence-corrected chi connectivity index (χ3v) is 3.81. The number of piperazine rings is 1. The van der Waals surface area contributed by atoms with Crippen molar-refractivity contribution in [3.63, 3.8) is 0 Å². The molecular weight excluding hydrogens is 270 g/mol. The second-order valence-corrected chi connectivity index (χ2v) is 5.02. The smallest absolute Gasteiger partial charge is 0.364 e. The lowest BCUT2D eigenvalue weighted by Crippen LogP contribution is -2.54. The first-order valence-corrected chi connectivity index (χ1v) is 6.94. The highest BCUT2D eigenvalue weighted by Crippen LogP contribution is 2.20. The minimum absolute atomic E-state index is 0.104. The second kappa shape index (κ2) is 5.51. The van der Waals surface area contributed by atoms with Gasteiger partial charge >= 0.3 is 5.69 Å². The van der Waals surface area contributed by atoms with E-state index in [2.05, 4.69) is 22.1 Å². The molecule has 1 fully saturated rings. The van der Waals surface area contributed by atoms with Crippen molar-refractivity contribution in [1.29, 1.82) is 0 Å². The molecule has 1 aliphatic rings. The van der Waals surface area contributed by atoms with E-state index in [0.29, 0.717) is 0 Å². The van der Waals surface area contributed by atoms with E-state index in [-0.39, 0.29) is 5.69 Å². The quantitative estimate of drug-likeness (QED) is 0.799. The minimum Gasteiger partial charge on any atom is -0.497 e. The van der Waals surface area contributed by atoms with Gasteiger partial charge in [0.15, 0.2) is 0 Å². The first kappa shape index (κ1) is 13.5. The summed E-state index contributed by atoms with van der Waals surface area (Å²) in [5, 5.41) is 6.01. The Hall–Kier alpha value is -2.44. The number of hydrogen-bond donors (Lipinski definition) is 0. The fourth-order valence-electron chi connectivity index (χ4n) is 2.53. The van der Waals surface area contributed by atoms with E-state index in [9.17, 15) is 4.79 Å². The van der Waals surface area contributed by atoms with Crippen molar-refractivity contribution in [3.8, 4) is 5.75 Å². The first-order valence-electron chi connectivity index (χ1n) is 6.94. The van der Waals surface area contributed by atoms with Gasteiger partial charge in [-0.3, -0.25) is 0 Å². The largest absolute Gasteiger partial charge is 0.497 e. The van der Waals surface area contributed by atoms with Crippen molar-refractivity contribution < 1.29 is 4.74 Å². The van der Waals surface area contributed by atoms with Crippen LogP contribution in [0, 0.1) is 0 Å². The molecule has 0 spiro atoms. The normalized spacial score (nSPS) is 15.3. The molecule has 1 saturated heterocycles. The zero-order valence-corrected chi connectivity index (χ0v) is 12.3. The Bertz CT molecular complexity index is 653. The first-order chi connectivity index (χ1) is 10.2. The number of aryl methyl sites for hydroxylation is 1. The summed E-state index contributed by atoms with van der Waals surface area (Å²) >= 11 is 0. The molecular formula is C14H19N5O2. The number of rotatable bonds is 3. The van der Waals surface area contributed by atoms with Crippen molar-refractivity contribution >= 4 is 5.69 Å². The number of hydrogen-bond acceptors (Lipinski definition) is 5. The van der Waals surface area contributed by atoms with Crippen LogP contribution in [0.3, 0.4) is 0 Å². The number of methoxy groups -OCH3 is 1. The van der Waals surface area contributed by atoms with Crippen LogP contribution in [0.15, 0.2) is 35.4 Å². The van der Waals surface area contributed by atoms with Crippen molar-refractivity contribution in [2.24, 2.45) is 7.05 Å². The van der Waals surface area contributed by atoms with Gasteiger partial charge in [-0.2, -0.15) is 9.77 Å². The Morgan fingerprint density at radius 1 is 1.10 bits per heavy atom. The lowest BCUT2D eigenvalue weighted by Gasteiger charge is -2.36. The van der Waals surface area contributed by atoms with Crippen LogP contribution < -0.4 is 20.3 Å². The van der Waals surface area contributed by atoms with Gasteiger partial charge in [0, 0.05) is 25.8 Å². The molecule has 112 valence electrons. The summed E-state index contributed by atoms with van der Waals surface area (Å²) in [6.07, 6.45) is 1.57. The Labute approximate surface area is 122 Å². The molecule has 0 amide bonds. The third-order valence-electron chi connectivity index (χ3n) is 3.81. The molecule has 1 aliphatic heterocycles. The van der Waals surface area contributed by atoms with Crippen molar-refractivity contribution in [3.05, 3.63) is 41.1 Å². The number of anilines is 1. The molecule has 2 aromatic rings. The van der Waals surface area contributed by atoms with Crippen LogP contribution in [0.25, 0.3) is 0 Å². The van der Waals surface area contributed by atoms with Crippen LogP contribution in [0.5, 0.6) is 5.75 Å². The van der Waals surface area contributed by atoms with Crippen LogP contribution in [0.1, 0.15) is 0 Å². The Balaban J connectivity index is 1.67. The van der Waals surface area contributed by atoms with Crippen molar-refractivity contribution in [2.45, 2.75) is 0 Å². The Morgan fingerprint density at radius 3 is 2.29 bits per heavy atom. The van der Waals surface area contributed by atoms with Gasteiger partial charge < -0.3 is 14.6 Å². The predicted molar refractivity (Wildman–Crippen MR) is 80.6 cm³/mol. The minimum atomic E-state index is -0.104. The number of aromatic nitrogens is 3. The summed E-state index contributed by atoms with van der Waals surface area (Å²) in [7, 11) is 3.33. The van der Waals surface area contributed by atoms with Crippen LogP contribution in [0.4, 0.5) is 5.69 Å². The number of benzene rings is 1. The molecule has 0 aliphatic carbocycles. The van der Waals surface area contributed by atoms with E-state index in [4.69, 9.17) is 4.74 Å². The highest BCUT2D eigenvalue weighted by molar-refractivity contribution is 5.49. The molecule has 3 rings (SSSR count). The number of ether oxygens (including phenoxy) is 1. The van der Waals surface area contributed by atoms with E-state index >= 15 is 0 Å². The monoisotopic (exact) mass is 289 g/mol. The van der Waals surface area contributed by atoms with E-state index in [1.165, 1.54) is 10.4 Å². The molecule has 2 heterocycles. The summed E-state index contributed by atoms with van der Waals surface area (Å²) in [4.78, 5) is 14.2. The lowest BCUT2D eigenvalue weighted by atomic mass is 10.2. The average molecular weight is 289 g/mol. The van der Waals surface area contributed by atoms with Gasteiger partial charge in [0.2, 0.25) is 0 Å². The molecule has 1 aromatic carbocycles. The van der Waals surface area contributed by atoms with Gasteiger partial charge in [0.1, 0.15) is 12.1 Å². The molecule has 1 aromatic heterocycles. The maximum absolute atomic E-state index is 11.9. The molecule has 0 unspecified atom stereocenters. The molecule has 0 N–H and O–H groups in total. The zero-order chi connectivity index (χ0) is 14.8. The van der Waals surface area contributed by atoms with Gasteiger partial charge in [-0.15, -0.1) is 0 Å². The third kappa shape index (κ3) is 2.58. The summed E-state index contributed by atoms with van der Waals surface area (Å²) in [5.74, 6) is 0.860. The van der Waals surface area contributed by atoms with Gasteiger partial charge in [0.25, 0.3) is 0 Å². The van der Waals surface area contributed by atoms with Crippen LogP contribution in [-0.4, -0.2) is 47.7 Å². The van der Waals surface area contributed by atoms with Crippen molar-refractivity contribution in [2.75, 3.05) is 43.2 Å². The summed E-state index contributed by atoms with van der Waals surface area (Å²) < 4.78 is 8.10. The summed E-state index contributed by atoms with van der Waals surface area (Å²) in [5.41, 5.74) is 1.07. The van der Waals surface area contributed by atoms with Crippen molar-refractivity contribution in [1.82, 2.24) is 14.5 Å².